The summed E-state index contributed by atoms with van der Waals surface area (Å²) in [6.45, 7) is 3.87. The molecule has 12 heavy (non-hydrogen) atoms. The number of hydrogen-bond donors (Lipinski definition) is 3. The van der Waals surface area contributed by atoms with E-state index in [2.05, 4.69) is 15.2 Å². The monoisotopic (exact) mass is 170 g/mol. The van der Waals surface area contributed by atoms with Gasteiger partial charge in [-0.1, -0.05) is 13.8 Å². The largest absolute Gasteiger partial charge is 0.388 e. The van der Waals surface area contributed by atoms with Crippen LogP contribution in [0.25, 0.3) is 0 Å². The fraction of sp³-hybridized carbons (Fsp3) is 0.714. The molecule has 0 aliphatic heterocycles. The normalized spacial score (nSPS) is 13.8. The second kappa shape index (κ2) is 3.64. The van der Waals surface area contributed by atoms with Gasteiger partial charge in [0.2, 0.25) is 0 Å². The molecule has 0 bridgehead atoms. The van der Waals surface area contributed by atoms with E-state index in [0.717, 1.165) is 0 Å². The molecule has 0 aromatic carbocycles. The van der Waals surface area contributed by atoms with Gasteiger partial charge in [-0.3, -0.25) is 5.10 Å². The summed E-state index contributed by atoms with van der Waals surface area (Å²) >= 11 is 0. The lowest BCUT2D eigenvalue weighted by Gasteiger charge is -2.10. The second-order valence-electron chi connectivity index (χ2n) is 3.07. The first-order valence-electron chi connectivity index (χ1n) is 3.92. The van der Waals surface area contributed by atoms with Gasteiger partial charge in [-0.05, 0) is 5.92 Å². The summed E-state index contributed by atoms with van der Waals surface area (Å²) in [7, 11) is 0. The van der Waals surface area contributed by atoms with E-state index in [-0.39, 0.29) is 12.6 Å². The third-order valence-corrected chi connectivity index (χ3v) is 1.72. The Morgan fingerprint density at radius 1 is 1.58 bits per heavy atom. The van der Waals surface area contributed by atoms with Crippen molar-refractivity contribution in [3.63, 3.8) is 0 Å². The molecule has 0 aliphatic rings. The Morgan fingerprint density at radius 3 is 2.67 bits per heavy atom. The Kier molecular flexibility index (Phi) is 2.78. The predicted molar refractivity (Wildman–Crippen MR) is 44.1 cm³/mol. The molecule has 0 saturated heterocycles. The number of rotatable bonds is 3. The number of aliphatic hydroxyl groups excluding tert-OH is 1. The highest BCUT2D eigenvalue weighted by molar-refractivity contribution is 4.95. The molecule has 5 nitrogen and oxygen atoms in total. The van der Waals surface area contributed by atoms with Crippen LogP contribution in [0.1, 0.15) is 31.5 Å². The van der Waals surface area contributed by atoms with Crippen LogP contribution in [0.3, 0.4) is 0 Å². The SMILES string of the molecule is CC(C)[C@@H](N)c1n[nH]c(CO)n1. The van der Waals surface area contributed by atoms with Gasteiger partial charge in [-0.25, -0.2) is 4.98 Å². The predicted octanol–water partition coefficient (Wildman–Crippen LogP) is -0.0472. The van der Waals surface area contributed by atoms with Crippen molar-refractivity contribution in [3.8, 4) is 0 Å². The molecule has 0 spiro atoms. The number of nitrogens with zero attached hydrogens (tertiary/aromatic N) is 2. The zero-order chi connectivity index (χ0) is 9.14. The molecule has 5 heteroatoms. The van der Waals surface area contributed by atoms with Crippen LogP contribution in [0, 0.1) is 5.92 Å². The first-order valence-corrected chi connectivity index (χ1v) is 3.92. The van der Waals surface area contributed by atoms with Gasteiger partial charge in [0.15, 0.2) is 5.82 Å². The molecule has 0 unspecified atom stereocenters. The molecule has 0 radical (unpaired) electrons. The van der Waals surface area contributed by atoms with Crippen molar-refractivity contribution in [2.24, 2.45) is 11.7 Å². The maximum atomic E-state index is 8.70. The van der Waals surface area contributed by atoms with Gasteiger partial charge in [0.1, 0.15) is 12.4 Å². The number of aromatic nitrogens is 3. The Morgan fingerprint density at radius 2 is 2.25 bits per heavy atom. The highest BCUT2D eigenvalue weighted by atomic mass is 16.3. The van der Waals surface area contributed by atoms with Crippen molar-refractivity contribution in [1.82, 2.24) is 15.2 Å². The lowest BCUT2D eigenvalue weighted by molar-refractivity contribution is 0.271. The first-order chi connectivity index (χ1) is 5.65. The minimum absolute atomic E-state index is 0.127. The third kappa shape index (κ3) is 1.80. The van der Waals surface area contributed by atoms with E-state index in [0.29, 0.717) is 17.6 Å². The van der Waals surface area contributed by atoms with E-state index in [1.54, 1.807) is 0 Å². The number of aliphatic hydroxyl groups is 1. The van der Waals surface area contributed by atoms with Gasteiger partial charge in [0.05, 0.1) is 6.04 Å². The topological polar surface area (TPSA) is 87.8 Å². The van der Waals surface area contributed by atoms with Gasteiger partial charge in [-0.15, -0.1) is 0 Å². The van der Waals surface area contributed by atoms with E-state index in [1.807, 2.05) is 13.8 Å². The van der Waals surface area contributed by atoms with E-state index < -0.39 is 0 Å². The van der Waals surface area contributed by atoms with E-state index >= 15 is 0 Å². The summed E-state index contributed by atoms with van der Waals surface area (Å²) in [5.74, 6) is 1.32. The van der Waals surface area contributed by atoms with Crippen LogP contribution in [0.15, 0.2) is 0 Å². The minimum atomic E-state index is -0.165. The molecule has 1 heterocycles. The molecular formula is C7H14N4O. The quantitative estimate of drug-likeness (QED) is 0.593. The highest BCUT2D eigenvalue weighted by Crippen LogP contribution is 2.13. The van der Waals surface area contributed by atoms with Gasteiger partial charge >= 0.3 is 0 Å². The van der Waals surface area contributed by atoms with Gasteiger partial charge < -0.3 is 10.8 Å². The maximum Gasteiger partial charge on any atom is 0.167 e. The average Bonchev–Trinajstić information content (AvgIpc) is 2.50. The summed E-state index contributed by atoms with van der Waals surface area (Å²) in [4.78, 5) is 4.01. The molecule has 1 aromatic heterocycles. The van der Waals surface area contributed by atoms with E-state index in [9.17, 15) is 0 Å². The molecule has 1 rings (SSSR count). The smallest absolute Gasteiger partial charge is 0.167 e. The summed E-state index contributed by atoms with van der Waals surface area (Å²) in [6.07, 6.45) is 0. The second-order valence-corrected chi connectivity index (χ2v) is 3.07. The molecule has 4 N–H and O–H groups in total. The standard InChI is InChI=1S/C7H14N4O/c1-4(2)6(8)7-9-5(3-12)10-11-7/h4,6,12H,3,8H2,1-2H3,(H,9,10,11)/t6-/m1/s1. The van der Waals surface area contributed by atoms with E-state index in [4.69, 9.17) is 10.8 Å². The minimum Gasteiger partial charge on any atom is -0.388 e. The van der Waals surface area contributed by atoms with Crippen molar-refractivity contribution in [2.45, 2.75) is 26.5 Å². The summed E-state index contributed by atoms with van der Waals surface area (Å²) in [5, 5.41) is 15.2. The Balaban J connectivity index is 2.74. The van der Waals surface area contributed by atoms with Crippen molar-refractivity contribution in [3.05, 3.63) is 11.6 Å². The Labute approximate surface area is 71.0 Å². The molecule has 0 aliphatic carbocycles. The molecule has 68 valence electrons. The first kappa shape index (κ1) is 9.15. The molecular weight excluding hydrogens is 156 g/mol. The lowest BCUT2D eigenvalue weighted by Crippen LogP contribution is -2.18. The molecule has 1 aromatic rings. The number of H-pyrrole nitrogens is 1. The summed E-state index contributed by atoms with van der Waals surface area (Å²) in [5.41, 5.74) is 5.78. The Hall–Kier alpha value is -0.940. The highest BCUT2D eigenvalue weighted by Gasteiger charge is 2.14. The molecule has 0 amide bonds. The fourth-order valence-corrected chi connectivity index (χ4v) is 0.828. The van der Waals surface area contributed by atoms with Crippen molar-refractivity contribution in [2.75, 3.05) is 0 Å². The van der Waals surface area contributed by atoms with Crippen LogP contribution in [0.5, 0.6) is 0 Å². The number of aromatic amines is 1. The molecule has 0 saturated carbocycles. The van der Waals surface area contributed by atoms with Crippen LogP contribution in [0.2, 0.25) is 0 Å². The Bertz CT molecular complexity index is 245. The maximum absolute atomic E-state index is 8.70. The van der Waals surface area contributed by atoms with Gasteiger partial charge in [0, 0.05) is 0 Å². The van der Waals surface area contributed by atoms with Gasteiger partial charge in [-0.2, -0.15) is 5.10 Å². The summed E-state index contributed by atoms with van der Waals surface area (Å²) in [6, 6.07) is -0.165. The van der Waals surface area contributed by atoms with Crippen LogP contribution in [0.4, 0.5) is 0 Å². The van der Waals surface area contributed by atoms with Gasteiger partial charge in [0.25, 0.3) is 0 Å². The van der Waals surface area contributed by atoms with Crippen LogP contribution < -0.4 is 5.73 Å². The molecule has 1 atom stereocenters. The van der Waals surface area contributed by atoms with Crippen LogP contribution in [-0.4, -0.2) is 20.3 Å². The fourth-order valence-electron chi connectivity index (χ4n) is 0.828. The third-order valence-electron chi connectivity index (χ3n) is 1.72. The van der Waals surface area contributed by atoms with Crippen molar-refractivity contribution >= 4 is 0 Å². The zero-order valence-corrected chi connectivity index (χ0v) is 7.28. The zero-order valence-electron chi connectivity index (χ0n) is 7.28. The molecule has 0 fully saturated rings. The number of nitrogens with two attached hydrogens (primary N) is 1. The number of nitrogens with one attached hydrogen (secondary N) is 1. The van der Waals surface area contributed by atoms with Crippen molar-refractivity contribution < 1.29 is 5.11 Å². The average molecular weight is 170 g/mol. The van der Waals surface area contributed by atoms with Crippen LogP contribution >= 0.6 is 0 Å². The van der Waals surface area contributed by atoms with Crippen LogP contribution in [-0.2, 0) is 6.61 Å². The number of hydrogen-bond acceptors (Lipinski definition) is 4. The lowest BCUT2D eigenvalue weighted by atomic mass is 10.1. The van der Waals surface area contributed by atoms with E-state index in [1.165, 1.54) is 0 Å². The summed E-state index contributed by atoms with van der Waals surface area (Å²) < 4.78 is 0. The van der Waals surface area contributed by atoms with Crippen molar-refractivity contribution in [1.29, 1.82) is 0 Å².